The van der Waals surface area contributed by atoms with Gasteiger partial charge in [-0.25, -0.2) is 8.42 Å². The first-order valence-corrected chi connectivity index (χ1v) is 8.54. The highest BCUT2D eigenvalue weighted by molar-refractivity contribution is 7.88. The maximum atomic E-state index is 11.8. The summed E-state index contributed by atoms with van der Waals surface area (Å²) in [6.07, 6.45) is 2.44. The molecule has 0 fully saturated rings. The normalized spacial score (nSPS) is 11.6. The lowest BCUT2D eigenvalue weighted by molar-refractivity contribution is -0.121. The zero-order chi connectivity index (χ0) is 15.0. The third-order valence-electron chi connectivity index (χ3n) is 2.83. The quantitative estimate of drug-likeness (QED) is 0.788. The van der Waals surface area contributed by atoms with Gasteiger partial charge in [-0.3, -0.25) is 4.79 Å². The summed E-state index contributed by atoms with van der Waals surface area (Å²) in [5.74, 6) is -0.0411. The molecule has 5 nitrogen and oxygen atoms in total. The van der Waals surface area contributed by atoms with Crippen molar-refractivity contribution in [1.29, 1.82) is 0 Å². The van der Waals surface area contributed by atoms with Crippen LogP contribution in [0.5, 0.6) is 0 Å². The van der Waals surface area contributed by atoms with Crippen LogP contribution in [0, 0.1) is 0 Å². The summed E-state index contributed by atoms with van der Waals surface area (Å²) in [7, 11) is -3.29. The molecular weight excluding hydrogens is 276 g/mol. The summed E-state index contributed by atoms with van der Waals surface area (Å²) in [6.45, 7) is 2.86. The zero-order valence-corrected chi connectivity index (χ0v) is 12.8. The van der Waals surface area contributed by atoms with Crippen molar-refractivity contribution in [2.45, 2.75) is 26.3 Å². The molecule has 0 aliphatic carbocycles. The van der Waals surface area contributed by atoms with Crippen molar-refractivity contribution in [3.63, 3.8) is 0 Å². The molecule has 6 heteroatoms. The fourth-order valence-corrected chi connectivity index (χ4v) is 2.59. The Bertz CT molecular complexity index is 514. The van der Waals surface area contributed by atoms with Gasteiger partial charge in [0.25, 0.3) is 0 Å². The minimum atomic E-state index is -3.29. The molecule has 0 aliphatic heterocycles. The van der Waals surface area contributed by atoms with Crippen LogP contribution >= 0.6 is 0 Å². The number of carbonyl (C=O) groups is 1. The zero-order valence-electron chi connectivity index (χ0n) is 12.0. The van der Waals surface area contributed by atoms with Gasteiger partial charge >= 0.3 is 0 Å². The highest BCUT2D eigenvalue weighted by Crippen LogP contribution is 2.07. The van der Waals surface area contributed by atoms with Crippen LogP contribution in [0.25, 0.3) is 0 Å². The van der Waals surface area contributed by atoms with Gasteiger partial charge in [0, 0.05) is 26.1 Å². The van der Waals surface area contributed by atoms with Crippen LogP contribution in [0.15, 0.2) is 30.3 Å². The number of amides is 1. The Morgan fingerprint density at radius 3 is 2.45 bits per heavy atom. The molecule has 20 heavy (non-hydrogen) atoms. The van der Waals surface area contributed by atoms with Crippen molar-refractivity contribution in [2.75, 3.05) is 19.3 Å². The average Bonchev–Trinajstić information content (AvgIpc) is 2.38. The standard InChI is InChI=1S/C14H22N2O3S/c1-3-7-14(17)15-10-11-16(20(2,18)19)12-13-8-5-4-6-9-13/h4-6,8-9H,3,7,10-12H2,1-2H3,(H,15,17). The maximum Gasteiger partial charge on any atom is 0.220 e. The van der Waals surface area contributed by atoms with Crippen molar-refractivity contribution in [3.8, 4) is 0 Å². The van der Waals surface area contributed by atoms with Gasteiger partial charge in [-0.1, -0.05) is 37.3 Å². The average molecular weight is 298 g/mol. The van der Waals surface area contributed by atoms with Crippen molar-refractivity contribution in [2.24, 2.45) is 0 Å². The van der Waals surface area contributed by atoms with Crippen molar-refractivity contribution in [1.82, 2.24) is 9.62 Å². The summed E-state index contributed by atoms with van der Waals surface area (Å²) < 4.78 is 24.9. The van der Waals surface area contributed by atoms with E-state index in [0.29, 0.717) is 19.5 Å². The van der Waals surface area contributed by atoms with E-state index in [1.165, 1.54) is 10.6 Å². The molecule has 1 aromatic rings. The lowest BCUT2D eigenvalue weighted by Gasteiger charge is -2.20. The largest absolute Gasteiger partial charge is 0.355 e. The third kappa shape index (κ3) is 6.16. The smallest absolute Gasteiger partial charge is 0.220 e. The predicted molar refractivity (Wildman–Crippen MR) is 79.6 cm³/mol. The minimum absolute atomic E-state index is 0.0411. The molecule has 1 amide bonds. The van der Waals surface area contributed by atoms with Gasteiger partial charge in [-0.15, -0.1) is 0 Å². The highest BCUT2D eigenvalue weighted by atomic mass is 32.2. The van der Waals surface area contributed by atoms with E-state index in [1.807, 2.05) is 37.3 Å². The van der Waals surface area contributed by atoms with Crippen LogP contribution in [-0.4, -0.2) is 38.0 Å². The van der Waals surface area contributed by atoms with E-state index in [2.05, 4.69) is 5.32 Å². The fraction of sp³-hybridized carbons (Fsp3) is 0.500. The van der Waals surface area contributed by atoms with E-state index in [9.17, 15) is 13.2 Å². The summed E-state index contributed by atoms with van der Waals surface area (Å²) in [4.78, 5) is 11.4. The van der Waals surface area contributed by atoms with Gasteiger partial charge < -0.3 is 5.32 Å². The van der Waals surface area contributed by atoms with Crippen LogP contribution in [0.2, 0.25) is 0 Å². The number of rotatable bonds is 8. The van der Waals surface area contributed by atoms with Gasteiger partial charge in [-0.05, 0) is 12.0 Å². The first-order valence-electron chi connectivity index (χ1n) is 6.69. The number of nitrogens with zero attached hydrogens (tertiary/aromatic N) is 1. The molecule has 0 bridgehead atoms. The summed E-state index contributed by atoms with van der Waals surface area (Å²) >= 11 is 0. The molecule has 0 saturated carbocycles. The lowest BCUT2D eigenvalue weighted by atomic mass is 10.2. The van der Waals surface area contributed by atoms with E-state index < -0.39 is 10.0 Å². The molecule has 0 atom stereocenters. The van der Waals surface area contributed by atoms with E-state index in [4.69, 9.17) is 0 Å². The Morgan fingerprint density at radius 1 is 1.25 bits per heavy atom. The second-order valence-electron chi connectivity index (χ2n) is 4.68. The summed E-state index contributed by atoms with van der Waals surface area (Å²) in [6, 6.07) is 9.40. The van der Waals surface area contributed by atoms with Crippen molar-refractivity contribution in [3.05, 3.63) is 35.9 Å². The minimum Gasteiger partial charge on any atom is -0.355 e. The van der Waals surface area contributed by atoms with Crippen LogP contribution in [0.1, 0.15) is 25.3 Å². The second-order valence-corrected chi connectivity index (χ2v) is 6.66. The van der Waals surface area contributed by atoms with Crippen molar-refractivity contribution >= 4 is 15.9 Å². The lowest BCUT2D eigenvalue weighted by Crippen LogP contribution is -2.37. The number of nitrogens with one attached hydrogen (secondary N) is 1. The molecule has 112 valence electrons. The van der Waals surface area contributed by atoms with E-state index in [-0.39, 0.29) is 12.5 Å². The Labute approximate surface area is 121 Å². The van der Waals surface area contributed by atoms with E-state index >= 15 is 0 Å². The highest BCUT2D eigenvalue weighted by Gasteiger charge is 2.16. The summed E-state index contributed by atoms with van der Waals surface area (Å²) in [5.41, 5.74) is 0.929. The van der Waals surface area contributed by atoms with Gasteiger partial charge in [0.2, 0.25) is 15.9 Å². The van der Waals surface area contributed by atoms with Gasteiger partial charge in [0.1, 0.15) is 0 Å². The molecule has 1 N–H and O–H groups in total. The van der Waals surface area contributed by atoms with E-state index in [1.54, 1.807) is 0 Å². The molecule has 0 radical (unpaired) electrons. The van der Waals surface area contributed by atoms with Crippen LogP contribution in [0.3, 0.4) is 0 Å². The first kappa shape index (κ1) is 16.7. The molecule has 0 unspecified atom stereocenters. The van der Waals surface area contributed by atoms with Gasteiger partial charge in [0.15, 0.2) is 0 Å². The van der Waals surface area contributed by atoms with Gasteiger partial charge in [0.05, 0.1) is 6.26 Å². The first-order chi connectivity index (χ1) is 9.43. The molecule has 0 heterocycles. The molecule has 1 aromatic carbocycles. The van der Waals surface area contributed by atoms with Gasteiger partial charge in [-0.2, -0.15) is 4.31 Å². The SMILES string of the molecule is CCCC(=O)NCCN(Cc1ccccc1)S(C)(=O)=O. The molecule has 0 saturated heterocycles. The van der Waals surface area contributed by atoms with E-state index in [0.717, 1.165) is 12.0 Å². The Kier molecular flexibility index (Phi) is 6.67. The number of hydrogen-bond acceptors (Lipinski definition) is 3. The second kappa shape index (κ2) is 8.01. The fourth-order valence-electron chi connectivity index (χ4n) is 1.78. The number of hydrogen-bond donors (Lipinski definition) is 1. The van der Waals surface area contributed by atoms with Crippen LogP contribution in [-0.2, 0) is 21.4 Å². The van der Waals surface area contributed by atoms with Crippen molar-refractivity contribution < 1.29 is 13.2 Å². The van der Waals surface area contributed by atoms with Crippen LogP contribution in [0.4, 0.5) is 0 Å². The Morgan fingerprint density at radius 2 is 1.90 bits per heavy atom. The monoisotopic (exact) mass is 298 g/mol. The predicted octanol–water partition coefficient (Wildman–Crippen LogP) is 1.36. The Hall–Kier alpha value is -1.40. The number of carbonyl (C=O) groups excluding carboxylic acids is 1. The molecular formula is C14H22N2O3S. The third-order valence-corrected chi connectivity index (χ3v) is 4.08. The molecule has 0 aliphatic rings. The number of benzene rings is 1. The Balaban J connectivity index is 2.56. The number of sulfonamides is 1. The van der Waals surface area contributed by atoms with Crippen LogP contribution < -0.4 is 5.32 Å². The molecule has 0 aromatic heterocycles. The molecule has 0 spiro atoms. The summed E-state index contributed by atoms with van der Waals surface area (Å²) in [5, 5.41) is 2.73. The molecule has 1 rings (SSSR count). The topological polar surface area (TPSA) is 66.5 Å². The maximum absolute atomic E-state index is 11.8.